The number of phenolic OH excluding ortho intramolecular Hbond substituents is 5. The van der Waals surface area contributed by atoms with Crippen LogP contribution in [0.3, 0.4) is 0 Å². The number of aromatic hydroxyl groups is 5. The lowest BCUT2D eigenvalue weighted by Crippen LogP contribution is -2.01. The number of para-hydroxylation sites is 1. The number of hydrogen-bond donors (Lipinski definition) is 5. The molecule has 0 saturated heterocycles. The monoisotopic (exact) mass is 812 g/mol. The van der Waals surface area contributed by atoms with E-state index in [0.29, 0.717) is 11.1 Å². The van der Waals surface area contributed by atoms with Crippen molar-refractivity contribution in [3.63, 3.8) is 0 Å². The molecule has 0 fully saturated rings. The van der Waals surface area contributed by atoms with E-state index in [1.54, 1.807) is 11.3 Å². The maximum Gasteiger partial charge on any atom is 0.208 e. The molecule has 0 atom stereocenters. The van der Waals surface area contributed by atoms with E-state index >= 15 is 0 Å². The third kappa shape index (κ3) is 5.65. The van der Waals surface area contributed by atoms with E-state index in [4.69, 9.17) is 9.97 Å². The van der Waals surface area contributed by atoms with Gasteiger partial charge in [-0.2, -0.15) is 0 Å². The van der Waals surface area contributed by atoms with Crippen molar-refractivity contribution < 1.29 is 25.5 Å². The van der Waals surface area contributed by atoms with Crippen molar-refractivity contribution in [3.8, 4) is 90.9 Å². The van der Waals surface area contributed by atoms with Crippen LogP contribution in [0.2, 0.25) is 0 Å². The largest absolute Gasteiger partial charge is 0.504 e. The molecule has 0 amide bonds. The van der Waals surface area contributed by atoms with Gasteiger partial charge in [0.25, 0.3) is 0 Å². The lowest BCUT2D eigenvalue weighted by Gasteiger charge is -2.14. The van der Waals surface area contributed by atoms with Gasteiger partial charge in [0, 0.05) is 42.1 Å². The van der Waals surface area contributed by atoms with Gasteiger partial charge < -0.3 is 30.1 Å². The summed E-state index contributed by atoms with van der Waals surface area (Å²) in [6.07, 6.45) is 0. The van der Waals surface area contributed by atoms with E-state index in [0.717, 1.165) is 69.9 Å². The molecule has 9 nitrogen and oxygen atoms in total. The highest BCUT2D eigenvalue weighted by Crippen LogP contribution is 2.54. The van der Waals surface area contributed by atoms with Crippen LogP contribution in [0.15, 0.2) is 164 Å². The van der Waals surface area contributed by atoms with Crippen LogP contribution >= 0.6 is 11.3 Å². The third-order valence-corrected chi connectivity index (χ3v) is 12.4. The summed E-state index contributed by atoms with van der Waals surface area (Å²) in [5.74, 6) is -4.69. The topological polar surface area (TPSA) is 145 Å². The normalized spacial score (nSPS) is 11.6. The van der Waals surface area contributed by atoms with Crippen LogP contribution < -0.4 is 0 Å². The molecule has 8 aromatic carbocycles. The molecule has 10 heteroatoms. The van der Waals surface area contributed by atoms with Gasteiger partial charge in [-0.1, -0.05) is 127 Å². The molecular formula is C51H32N4O5S. The summed E-state index contributed by atoms with van der Waals surface area (Å²) < 4.78 is 4.30. The summed E-state index contributed by atoms with van der Waals surface area (Å²) in [6, 6.07) is 55.5. The van der Waals surface area contributed by atoms with Gasteiger partial charge in [-0.25, -0.2) is 15.0 Å². The number of phenols is 5. The molecule has 0 radical (unpaired) electrons. The van der Waals surface area contributed by atoms with Crippen molar-refractivity contribution in [2.24, 2.45) is 0 Å². The number of benzene rings is 8. The van der Waals surface area contributed by atoms with Gasteiger partial charge in [-0.3, -0.25) is 0 Å². The van der Waals surface area contributed by atoms with Crippen LogP contribution in [0, 0.1) is 0 Å². The Morgan fingerprint density at radius 2 is 0.967 bits per heavy atom. The Morgan fingerprint density at radius 1 is 0.393 bits per heavy atom. The quantitative estimate of drug-likeness (QED) is 0.0824. The van der Waals surface area contributed by atoms with E-state index in [-0.39, 0.29) is 17.5 Å². The number of aromatic nitrogens is 4. The summed E-state index contributed by atoms with van der Waals surface area (Å²) in [5.41, 5.74) is 8.46. The van der Waals surface area contributed by atoms with E-state index in [9.17, 15) is 25.5 Å². The molecule has 0 aliphatic rings. The standard InChI is InChI=1S/C51H32N4O5S/c56-43-42(44(57)46(59)47(60)45(43)58)51-53-49(30-18-8-3-9-19-30)52-50(54-51)34-22-12-21-33-41-37(24-13-25-39(41)61-48(33)34)55-36-23-11-10-20-32(36)40-35(29-16-6-2-7-17-29)26-31(27-38(40)55)28-14-4-1-5-15-28/h1-27,56-60H. The van der Waals surface area contributed by atoms with E-state index < -0.39 is 34.3 Å². The van der Waals surface area contributed by atoms with Crippen LogP contribution in [0.4, 0.5) is 0 Å². The highest BCUT2D eigenvalue weighted by Gasteiger charge is 2.28. The molecule has 292 valence electrons. The first kappa shape index (κ1) is 35.9. The number of hydrogen-bond acceptors (Lipinski definition) is 9. The maximum absolute atomic E-state index is 11.0. The van der Waals surface area contributed by atoms with E-state index in [1.807, 2.05) is 54.6 Å². The Balaban J connectivity index is 1.19. The number of fused-ring (bicyclic) bond motifs is 6. The Bertz CT molecular complexity index is 3500. The van der Waals surface area contributed by atoms with Crippen LogP contribution in [0.5, 0.6) is 28.7 Å². The van der Waals surface area contributed by atoms with Crippen molar-refractivity contribution >= 4 is 53.3 Å². The molecule has 11 rings (SSSR count). The average Bonchev–Trinajstić information content (AvgIpc) is 3.87. The molecule has 61 heavy (non-hydrogen) atoms. The summed E-state index contributed by atoms with van der Waals surface area (Å²) >= 11 is 1.60. The second kappa shape index (κ2) is 14.0. The Kier molecular flexibility index (Phi) is 8.23. The summed E-state index contributed by atoms with van der Waals surface area (Å²) in [4.78, 5) is 14.2. The molecule has 0 aliphatic carbocycles. The van der Waals surface area contributed by atoms with Crippen molar-refractivity contribution in [1.29, 1.82) is 0 Å². The molecule has 0 bridgehead atoms. The smallest absolute Gasteiger partial charge is 0.208 e. The molecule has 5 N–H and O–H groups in total. The minimum absolute atomic E-state index is 0.221. The van der Waals surface area contributed by atoms with Gasteiger partial charge in [0.05, 0.1) is 16.7 Å². The summed E-state index contributed by atoms with van der Waals surface area (Å²) in [5, 5.41) is 57.4. The SMILES string of the molecule is Oc1c(O)c(O)c(-c2nc(-c3ccccc3)nc(-c3cccc4c3sc3cccc(-n5c6ccccc6c6c(-c7ccccc7)cc(-c7ccccc7)cc65)c34)n2)c(O)c1O. The molecular weight excluding hydrogens is 781 g/mol. The first-order chi connectivity index (χ1) is 29.9. The Morgan fingerprint density at radius 3 is 1.69 bits per heavy atom. The second-order valence-electron chi connectivity index (χ2n) is 14.7. The fourth-order valence-electron chi connectivity index (χ4n) is 8.41. The van der Waals surface area contributed by atoms with Crippen LogP contribution in [0.25, 0.3) is 104 Å². The molecule has 0 saturated carbocycles. The zero-order valence-electron chi connectivity index (χ0n) is 32.0. The van der Waals surface area contributed by atoms with Crippen molar-refractivity contribution in [2.75, 3.05) is 0 Å². The Hall–Kier alpha value is -8.21. The van der Waals surface area contributed by atoms with E-state index in [2.05, 4.69) is 119 Å². The summed E-state index contributed by atoms with van der Waals surface area (Å²) in [6.45, 7) is 0. The fourth-order valence-corrected chi connectivity index (χ4v) is 9.64. The Labute approximate surface area is 351 Å². The lowest BCUT2D eigenvalue weighted by molar-refractivity contribution is 0.329. The maximum atomic E-state index is 11.0. The zero-order valence-corrected chi connectivity index (χ0v) is 32.8. The number of nitrogens with zero attached hydrogens (tertiary/aromatic N) is 4. The molecule has 3 heterocycles. The van der Waals surface area contributed by atoms with Crippen molar-refractivity contribution in [2.45, 2.75) is 0 Å². The number of thiophene rings is 1. The van der Waals surface area contributed by atoms with Crippen molar-refractivity contribution in [3.05, 3.63) is 164 Å². The highest BCUT2D eigenvalue weighted by molar-refractivity contribution is 7.26. The van der Waals surface area contributed by atoms with Gasteiger partial charge in [0.1, 0.15) is 5.56 Å². The van der Waals surface area contributed by atoms with E-state index in [1.165, 1.54) is 0 Å². The minimum atomic E-state index is -1.07. The van der Waals surface area contributed by atoms with Crippen LogP contribution in [-0.4, -0.2) is 45.1 Å². The van der Waals surface area contributed by atoms with Gasteiger partial charge >= 0.3 is 0 Å². The summed E-state index contributed by atoms with van der Waals surface area (Å²) in [7, 11) is 0. The lowest BCUT2D eigenvalue weighted by atomic mass is 9.94. The third-order valence-electron chi connectivity index (χ3n) is 11.2. The average molecular weight is 813 g/mol. The van der Waals surface area contributed by atoms with Crippen LogP contribution in [0.1, 0.15) is 0 Å². The molecule has 0 unspecified atom stereocenters. The van der Waals surface area contributed by atoms with Crippen molar-refractivity contribution in [1.82, 2.24) is 19.5 Å². The predicted molar refractivity (Wildman–Crippen MR) is 243 cm³/mol. The second-order valence-corrected chi connectivity index (χ2v) is 15.8. The zero-order chi connectivity index (χ0) is 41.4. The predicted octanol–water partition coefficient (Wildman–Crippen LogP) is 12.2. The first-order valence-electron chi connectivity index (χ1n) is 19.5. The molecule has 0 spiro atoms. The molecule has 0 aliphatic heterocycles. The minimum Gasteiger partial charge on any atom is -0.504 e. The van der Waals surface area contributed by atoms with Gasteiger partial charge in [0.15, 0.2) is 29.0 Å². The van der Waals surface area contributed by atoms with Gasteiger partial charge in [-0.15, -0.1) is 11.3 Å². The molecule has 11 aromatic rings. The van der Waals surface area contributed by atoms with Gasteiger partial charge in [0.2, 0.25) is 17.2 Å². The number of rotatable bonds is 6. The highest BCUT2D eigenvalue weighted by atomic mass is 32.1. The molecule has 3 aromatic heterocycles. The fraction of sp³-hybridized carbons (Fsp3) is 0. The van der Waals surface area contributed by atoms with Crippen LogP contribution in [-0.2, 0) is 0 Å². The van der Waals surface area contributed by atoms with Gasteiger partial charge in [-0.05, 0) is 58.7 Å². The first-order valence-corrected chi connectivity index (χ1v) is 20.3.